The van der Waals surface area contributed by atoms with Crippen LogP contribution in [-0.2, 0) is 19.1 Å². The maximum Gasteiger partial charge on any atom is 0.305 e. The molecule has 0 radical (unpaired) electrons. The molecule has 0 spiro atoms. The average molecular weight is 217 g/mol. The van der Waals surface area contributed by atoms with Gasteiger partial charge < -0.3 is 15.2 Å². The Morgan fingerprint density at radius 1 is 1.07 bits per heavy atom. The van der Waals surface area contributed by atoms with Crippen LogP contribution < -0.4 is 5.73 Å². The van der Waals surface area contributed by atoms with E-state index in [4.69, 9.17) is 15.2 Å². The predicted octanol–water partition coefficient (Wildman–Crippen LogP) is 0.612. The molecule has 0 saturated carbocycles. The number of ether oxygens (including phenoxy) is 2. The van der Waals surface area contributed by atoms with Gasteiger partial charge in [-0.15, -0.1) is 0 Å². The molecule has 5 nitrogen and oxygen atoms in total. The Hall–Kier alpha value is -1.10. The first kappa shape index (κ1) is 13.9. The minimum absolute atomic E-state index is 0.254. The number of nitrogens with two attached hydrogens (primary N) is 1. The molecule has 88 valence electrons. The Morgan fingerprint density at radius 2 is 1.67 bits per heavy atom. The zero-order valence-electron chi connectivity index (χ0n) is 9.16. The fourth-order valence-electron chi connectivity index (χ4n) is 0.954. The molecule has 0 aromatic rings. The van der Waals surface area contributed by atoms with Crippen molar-refractivity contribution in [2.24, 2.45) is 5.73 Å². The molecule has 0 aliphatic rings. The summed E-state index contributed by atoms with van der Waals surface area (Å²) < 4.78 is 9.59. The molecule has 0 aromatic carbocycles. The number of rotatable bonds is 8. The van der Waals surface area contributed by atoms with Crippen LogP contribution in [0.3, 0.4) is 0 Å². The molecule has 0 rings (SSSR count). The zero-order valence-corrected chi connectivity index (χ0v) is 9.16. The summed E-state index contributed by atoms with van der Waals surface area (Å²) in [5.74, 6) is -0.514. The average Bonchev–Trinajstić information content (AvgIpc) is 2.22. The van der Waals surface area contributed by atoms with Crippen LogP contribution >= 0.6 is 0 Å². The van der Waals surface area contributed by atoms with E-state index in [9.17, 15) is 9.59 Å². The van der Waals surface area contributed by atoms with E-state index in [0.717, 1.165) is 0 Å². The summed E-state index contributed by atoms with van der Waals surface area (Å²) in [4.78, 5) is 21.9. The highest BCUT2D eigenvalue weighted by atomic mass is 16.5. The lowest BCUT2D eigenvalue weighted by Crippen LogP contribution is -2.10. The van der Waals surface area contributed by atoms with Gasteiger partial charge in [0.1, 0.15) is 0 Å². The van der Waals surface area contributed by atoms with Gasteiger partial charge in [-0.25, -0.2) is 0 Å². The molecular formula is C10H19NO4. The van der Waals surface area contributed by atoms with Crippen molar-refractivity contribution in [3.8, 4) is 0 Å². The lowest BCUT2D eigenvalue weighted by Gasteiger charge is -2.04. The molecule has 0 aromatic heterocycles. The molecule has 2 N–H and O–H groups in total. The highest BCUT2D eigenvalue weighted by molar-refractivity contribution is 5.70. The first-order chi connectivity index (χ1) is 7.20. The van der Waals surface area contributed by atoms with E-state index in [0.29, 0.717) is 32.4 Å². The smallest absolute Gasteiger partial charge is 0.305 e. The second kappa shape index (κ2) is 9.45. The first-order valence-electron chi connectivity index (χ1n) is 5.22. The third-order valence-electron chi connectivity index (χ3n) is 1.68. The fourth-order valence-corrected chi connectivity index (χ4v) is 0.954. The van der Waals surface area contributed by atoms with Crippen LogP contribution in [0.2, 0.25) is 0 Å². The molecule has 0 heterocycles. The van der Waals surface area contributed by atoms with E-state index >= 15 is 0 Å². The number of carbonyl (C=O) groups excluding carboxylic acids is 2. The number of carbonyl (C=O) groups is 2. The van der Waals surface area contributed by atoms with Crippen molar-refractivity contribution in [2.75, 3.05) is 19.8 Å². The summed E-state index contributed by atoms with van der Waals surface area (Å²) in [6, 6.07) is 0. The van der Waals surface area contributed by atoms with Gasteiger partial charge in [0.15, 0.2) is 0 Å². The maximum atomic E-state index is 11.0. The largest absolute Gasteiger partial charge is 0.466 e. The molecule has 0 aliphatic heterocycles. The maximum absolute atomic E-state index is 11.0. The lowest BCUT2D eigenvalue weighted by molar-refractivity contribution is -0.147. The highest BCUT2D eigenvalue weighted by Gasteiger charge is 2.04. The Balaban J connectivity index is 3.30. The topological polar surface area (TPSA) is 78.6 Å². The van der Waals surface area contributed by atoms with E-state index in [2.05, 4.69) is 0 Å². The molecular weight excluding hydrogens is 198 g/mol. The monoisotopic (exact) mass is 217 g/mol. The van der Waals surface area contributed by atoms with Crippen LogP contribution in [0.5, 0.6) is 0 Å². The highest BCUT2D eigenvalue weighted by Crippen LogP contribution is 1.96. The minimum atomic E-state index is -0.260. The van der Waals surface area contributed by atoms with Crippen LogP contribution in [0.15, 0.2) is 0 Å². The van der Waals surface area contributed by atoms with Crippen molar-refractivity contribution >= 4 is 11.9 Å². The van der Waals surface area contributed by atoms with Crippen molar-refractivity contribution in [1.29, 1.82) is 0 Å². The number of hydrogen-bond acceptors (Lipinski definition) is 5. The third-order valence-corrected chi connectivity index (χ3v) is 1.68. The summed E-state index contributed by atoms with van der Waals surface area (Å²) in [5.41, 5.74) is 5.24. The molecule has 0 bridgehead atoms. The van der Waals surface area contributed by atoms with Crippen LogP contribution in [0.4, 0.5) is 0 Å². The third kappa shape index (κ3) is 9.21. The van der Waals surface area contributed by atoms with Crippen molar-refractivity contribution in [3.63, 3.8) is 0 Å². The van der Waals surface area contributed by atoms with Crippen molar-refractivity contribution in [3.05, 3.63) is 0 Å². The van der Waals surface area contributed by atoms with Gasteiger partial charge >= 0.3 is 11.9 Å². The quantitative estimate of drug-likeness (QED) is 0.476. The normalized spacial score (nSPS) is 9.73. The van der Waals surface area contributed by atoms with Gasteiger partial charge in [-0.1, -0.05) is 0 Å². The molecule has 15 heavy (non-hydrogen) atoms. The van der Waals surface area contributed by atoms with Gasteiger partial charge in [0.2, 0.25) is 0 Å². The van der Waals surface area contributed by atoms with Crippen molar-refractivity contribution in [1.82, 2.24) is 0 Å². The predicted molar refractivity (Wildman–Crippen MR) is 55.1 cm³/mol. The Labute approximate surface area is 89.9 Å². The summed E-state index contributed by atoms with van der Waals surface area (Å²) in [6.07, 6.45) is 1.78. The lowest BCUT2D eigenvalue weighted by atomic mass is 10.3. The second-order valence-corrected chi connectivity index (χ2v) is 3.02. The molecule has 0 aliphatic carbocycles. The van der Waals surface area contributed by atoms with E-state index in [1.165, 1.54) is 0 Å². The van der Waals surface area contributed by atoms with Crippen molar-refractivity contribution < 1.29 is 19.1 Å². The summed E-state index contributed by atoms with van der Waals surface area (Å²) in [7, 11) is 0. The van der Waals surface area contributed by atoms with Crippen LogP contribution in [0, 0.1) is 0 Å². The van der Waals surface area contributed by atoms with Crippen molar-refractivity contribution in [2.45, 2.75) is 32.6 Å². The van der Waals surface area contributed by atoms with E-state index < -0.39 is 0 Å². The zero-order chi connectivity index (χ0) is 11.5. The molecule has 0 atom stereocenters. The second-order valence-electron chi connectivity index (χ2n) is 3.02. The summed E-state index contributed by atoms with van der Waals surface area (Å²) >= 11 is 0. The first-order valence-corrected chi connectivity index (χ1v) is 5.22. The Kier molecular flexibility index (Phi) is 8.76. The van der Waals surface area contributed by atoms with Gasteiger partial charge in [0.25, 0.3) is 0 Å². The number of esters is 2. The van der Waals surface area contributed by atoms with Gasteiger partial charge in [-0.05, 0) is 26.3 Å². The van der Waals surface area contributed by atoms with Crippen LogP contribution in [0.25, 0.3) is 0 Å². The molecule has 0 unspecified atom stereocenters. The minimum Gasteiger partial charge on any atom is -0.466 e. The SMILES string of the molecule is CCOC(=O)CCCOC(=O)CCCN. The fraction of sp³-hybridized carbons (Fsp3) is 0.800. The standard InChI is InChI=1S/C10H19NO4/c1-2-14-9(12)6-4-8-15-10(13)5-3-7-11/h2-8,11H2,1H3. The van der Waals surface area contributed by atoms with Gasteiger partial charge in [-0.2, -0.15) is 0 Å². The van der Waals surface area contributed by atoms with Gasteiger partial charge in [0.05, 0.1) is 13.2 Å². The van der Waals surface area contributed by atoms with Crippen LogP contribution in [0.1, 0.15) is 32.6 Å². The molecule has 0 saturated heterocycles. The molecule has 0 amide bonds. The summed E-state index contributed by atoms with van der Waals surface area (Å²) in [6.45, 7) is 2.89. The van der Waals surface area contributed by atoms with E-state index in [1.54, 1.807) is 6.92 Å². The molecule has 5 heteroatoms. The van der Waals surface area contributed by atoms with Gasteiger partial charge in [-0.3, -0.25) is 9.59 Å². The summed E-state index contributed by atoms with van der Waals surface area (Å²) in [5, 5.41) is 0. The van der Waals surface area contributed by atoms with E-state index in [1.807, 2.05) is 0 Å². The Bertz CT molecular complexity index is 194. The van der Waals surface area contributed by atoms with Crippen LogP contribution in [-0.4, -0.2) is 31.7 Å². The van der Waals surface area contributed by atoms with Gasteiger partial charge in [0, 0.05) is 12.8 Å². The number of hydrogen-bond donors (Lipinski definition) is 1. The van der Waals surface area contributed by atoms with E-state index in [-0.39, 0.29) is 25.0 Å². The Morgan fingerprint density at radius 3 is 2.27 bits per heavy atom. The molecule has 0 fully saturated rings.